The summed E-state index contributed by atoms with van der Waals surface area (Å²) in [6.45, 7) is 4.85. The molecule has 0 heterocycles. The first-order valence-electron chi connectivity index (χ1n) is 6.17. The molecule has 3 nitrogen and oxygen atoms in total. The minimum Gasteiger partial charge on any atom is -0.396 e. The molecule has 0 radical (unpaired) electrons. The van der Waals surface area contributed by atoms with E-state index in [9.17, 15) is 4.79 Å². The van der Waals surface area contributed by atoms with Crippen molar-refractivity contribution < 1.29 is 9.90 Å². The topological polar surface area (TPSA) is 40.5 Å². The highest BCUT2D eigenvalue weighted by molar-refractivity contribution is 7.81. The Hall–Kier alpha value is -0.220. The fourth-order valence-electron chi connectivity index (χ4n) is 1.87. The van der Waals surface area contributed by atoms with Crippen molar-refractivity contribution in [2.45, 2.75) is 50.8 Å². The molecule has 1 aliphatic carbocycles. The van der Waals surface area contributed by atoms with Crippen LogP contribution in [0.2, 0.25) is 0 Å². The van der Waals surface area contributed by atoms with Gasteiger partial charge in [0.2, 0.25) is 5.91 Å². The van der Waals surface area contributed by atoms with Gasteiger partial charge in [0.1, 0.15) is 0 Å². The van der Waals surface area contributed by atoms with Crippen molar-refractivity contribution in [2.24, 2.45) is 5.92 Å². The zero-order valence-electron chi connectivity index (χ0n) is 10.2. The van der Waals surface area contributed by atoms with E-state index in [-0.39, 0.29) is 23.7 Å². The van der Waals surface area contributed by atoms with Crippen molar-refractivity contribution in [1.82, 2.24) is 4.90 Å². The number of aliphatic hydroxyl groups is 1. The fraction of sp³-hybridized carbons (Fsp3) is 0.917. The number of rotatable bonds is 6. The maximum absolute atomic E-state index is 12.2. The van der Waals surface area contributed by atoms with Crippen LogP contribution in [0.5, 0.6) is 0 Å². The lowest BCUT2D eigenvalue weighted by Gasteiger charge is -2.39. The van der Waals surface area contributed by atoms with E-state index in [0.29, 0.717) is 19.0 Å². The van der Waals surface area contributed by atoms with E-state index in [0.717, 1.165) is 12.8 Å². The molecule has 0 aromatic carbocycles. The van der Waals surface area contributed by atoms with Gasteiger partial charge in [-0.3, -0.25) is 4.79 Å². The maximum atomic E-state index is 12.2. The van der Waals surface area contributed by atoms with E-state index in [2.05, 4.69) is 12.6 Å². The Balaban J connectivity index is 2.56. The lowest BCUT2D eigenvalue weighted by Crippen LogP contribution is -2.48. The van der Waals surface area contributed by atoms with Crippen molar-refractivity contribution >= 4 is 18.5 Å². The van der Waals surface area contributed by atoms with Crippen LogP contribution in [-0.4, -0.2) is 40.4 Å². The van der Waals surface area contributed by atoms with Gasteiger partial charge in [-0.25, -0.2) is 0 Å². The number of aliphatic hydroxyl groups excluding tert-OH is 1. The number of hydrogen-bond donors (Lipinski definition) is 2. The molecular weight excluding hydrogens is 222 g/mol. The quantitative estimate of drug-likeness (QED) is 0.699. The van der Waals surface area contributed by atoms with Crippen LogP contribution < -0.4 is 0 Å². The third-order valence-corrected chi connectivity index (χ3v) is 4.06. The largest absolute Gasteiger partial charge is 0.396 e. The van der Waals surface area contributed by atoms with E-state index >= 15 is 0 Å². The lowest BCUT2D eigenvalue weighted by atomic mass is 9.90. The smallest absolute Gasteiger partial charge is 0.235 e. The molecule has 1 N–H and O–H groups in total. The van der Waals surface area contributed by atoms with Gasteiger partial charge in [0.15, 0.2) is 0 Å². The number of carbonyl (C=O) groups excluding carboxylic acids is 1. The van der Waals surface area contributed by atoms with Gasteiger partial charge in [0.25, 0.3) is 0 Å². The second-order valence-electron chi connectivity index (χ2n) is 4.88. The van der Waals surface area contributed by atoms with E-state index in [1.807, 2.05) is 18.7 Å². The Kier molecular flexibility index (Phi) is 5.62. The van der Waals surface area contributed by atoms with Crippen molar-refractivity contribution in [1.29, 1.82) is 0 Å². The van der Waals surface area contributed by atoms with Crippen LogP contribution in [-0.2, 0) is 4.79 Å². The SMILES string of the molecule is CC(C)C(S)C(=O)N(CCCO)C1CCC1. The van der Waals surface area contributed by atoms with Gasteiger partial charge < -0.3 is 10.0 Å². The van der Waals surface area contributed by atoms with Gasteiger partial charge in [0.05, 0.1) is 5.25 Å². The molecule has 0 aromatic rings. The first-order valence-corrected chi connectivity index (χ1v) is 6.69. The van der Waals surface area contributed by atoms with Gasteiger partial charge in [-0.15, -0.1) is 0 Å². The number of amides is 1. The average Bonchev–Trinajstić information content (AvgIpc) is 2.18. The van der Waals surface area contributed by atoms with Crippen molar-refractivity contribution in [3.05, 3.63) is 0 Å². The van der Waals surface area contributed by atoms with Gasteiger partial charge in [-0.1, -0.05) is 13.8 Å². The molecule has 1 fully saturated rings. The summed E-state index contributed by atoms with van der Waals surface area (Å²) < 4.78 is 0. The second kappa shape index (κ2) is 6.50. The van der Waals surface area contributed by atoms with E-state index in [4.69, 9.17) is 5.11 Å². The Labute approximate surface area is 104 Å². The monoisotopic (exact) mass is 245 g/mol. The summed E-state index contributed by atoms with van der Waals surface area (Å²) in [6.07, 6.45) is 4.10. The molecule has 1 atom stereocenters. The predicted molar refractivity (Wildman–Crippen MR) is 68.7 cm³/mol. The van der Waals surface area contributed by atoms with Crippen LogP contribution >= 0.6 is 12.6 Å². The standard InChI is InChI=1S/C12H23NO2S/c1-9(2)11(16)12(15)13(7-4-8-14)10-5-3-6-10/h9-11,14,16H,3-8H2,1-2H3. The Morgan fingerprint density at radius 1 is 1.50 bits per heavy atom. The molecule has 0 spiro atoms. The molecule has 0 aromatic heterocycles. The summed E-state index contributed by atoms with van der Waals surface area (Å²) in [5, 5.41) is 8.65. The summed E-state index contributed by atoms with van der Waals surface area (Å²) in [5.74, 6) is 0.393. The molecule has 94 valence electrons. The molecule has 0 bridgehead atoms. The summed E-state index contributed by atoms with van der Waals surface area (Å²) in [4.78, 5) is 14.1. The zero-order chi connectivity index (χ0) is 12.1. The zero-order valence-corrected chi connectivity index (χ0v) is 11.1. The molecule has 1 saturated carbocycles. The Morgan fingerprint density at radius 2 is 2.12 bits per heavy atom. The van der Waals surface area contributed by atoms with Gasteiger partial charge >= 0.3 is 0 Å². The third-order valence-electron chi connectivity index (χ3n) is 3.24. The minimum absolute atomic E-state index is 0.136. The molecule has 0 aliphatic heterocycles. The van der Waals surface area contributed by atoms with Gasteiger partial charge in [-0.05, 0) is 31.6 Å². The highest BCUT2D eigenvalue weighted by Gasteiger charge is 2.32. The van der Waals surface area contributed by atoms with Crippen LogP contribution in [0.1, 0.15) is 39.5 Å². The van der Waals surface area contributed by atoms with Crippen LogP contribution in [0.3, 0.4) is 0 Å². The van der Waals surface area contributed by atoms with E-state index < -0.39 is 0 Å². The van der Waals surface area contributed by atoms with E-state index in [1.54, 1.807) is 0 Å². The number of hydrogen-bond acceptors (Lipinski definition) is 3. The van der Waals surface area contributed by atoms with Crippen LogP contribution in [0.15, 0.2) is 0 Å². The summed E-state index contributed by atoms with van der Waals surface area (Å²) in [6, 6.07) is 0.396. The summed E-state index contributed by atoms with van der Waals surface area (Å²) in [5.41, 5.74) is 0. The normalized spacial score (nSPS) is 18.3. The molecule has 1 rings (SSSR count). The van der Waals surface area contributed by atoms with Crippen molar-refractivity contribution in [2.75, 3.05) is 13.2 Å². The lowest BCUT2D eigenvalue weighted by molar-refractivity contribution is -0.135. The molecule has 1 amide bonds. The van der Waals surface area contributed by atoms with Crippen LogP contribution in [0, 0.1) is 5.92 Å². The highest BCUT2D eigenvalue weighted by Crippen LogP contribution is 2.27. The molecule has 1 aliphatic rings. The van der Waals surface area contributed by atoms with Crippen molar-refractivity contribution in [3.63, 3.8) is 0 Å². The molecule has 0 saturated heterocycles. The Bertz CT molecular complexity index is 229. The third kappa shape index (κ3) is 3.39. The average molecular weight is 245 g/mol. The predicted octanol–water partition coefficient (Wildman–Crippen LogP) is 1.70. The van der Waals surface area contributed by atoms with Crippen LogP contribution in [0.4, 0.5) is 0 Å². The van der Waals surface area contributed by atoms with Gasteiger partial charge in [-0.2, -0.15) is 12.6 Å². The molecule has 4 heteroatoms. The molecule has 1 unspecified atom stereocenters. The minimum atomic E-state index is -0.209. The van der Waals surface area contributed by atoms with Crippen LogP contribution in [0.25, 0.3) is 0 Å². The first-order chi connectivity index (χ1) is 7.57. The van der Waals surface area contributed by atoms with Crippen molar-refractivity contribution in [3.8, 4) is 0 Å². The van der Waals surface area contributed by atoms with Gasteiger partial charge in [0, 0.05) is 19.2 Å². The first kappa shape index (κ1) is 13.8. The number of nitrogens with zero attached hydrogens (tertiary/aromatic N) is 1. The highest BCUT2D eigenvalue weighted by atomic mass is 32.1. The summed E-state index contributed by atoms with van der Waals surface area (Å²) in [7, 11) is 0. The second-order valence-corrected chi connectivity index (χ2v) is 5.44. The summed E-state index contributed by atoms with van der Waals surface area (Å²) >= 11 is 4.39. The Morgan fingerprint density at radius 3 is 2.50 bits per heavy atom. The maximum Gasteiger partial charge on any atom is 0.235 e. The number of carbonyl (C=O) groups is 1. The molecular formula is C12H23NO2S. The molecule has 16 heavy (non-hydrogen) atoms. The number of thiol groups is 1. The fourth-order valence-corrected chi connectivity index (χ4v) is 2.02. The van der Waals surface area contributed by atoms with E-state index in [1.165, 1.54) is 6.42 Å².